The van der Waals surface area contributed by atoms with Crippen LogP contribution in [0.2, 0.25) is 15.5 Å². The van der Waals surface area contributed by atoms with E-state index in [1.165, 1.54) is 12.7 Å². The summed E-state index contributed by atoms with van der Waals surface area (Å²) in [5.74, 6) is 0.493. The Bertz CT molecular complexity index is 734. The third-order valence-corrected chi connectivity index (χ3v) is 2.91. The first-order chi connectivity index (χ1) is 12.0. The number of hydrogen-bond acceptors (Lipinski definition) is 6. The maximum absolute atomic E-state index is 6.82. The van der Waals surface area contributed by atoms with Crippen molar-refractivity contribution in [1.29, 1.82) is 0 Å². The zero-order chi connectivity index (χ0) is 19.2. The number of nitrogens with one attached hydrogen (secondary N) is 1. The molecule has 0 fully saturated rings. The molecular weight excluding hydrogens is 387 g/mol. The van der Waals surface area contributed by atoms with Crippen molar-refractivity contribution in [3.8, 4) is 0 Å². The number of nitrogens with zero attached hydrogens (tertiary/aromatic N) is 6. The van der Waals surface area contributed by atoms with Crippen LogP contribution in [0.15, 0.2) is 12.7 Å². The molecule has 2 heterocycles. The molecule has 2 rings (SSSR count). The average Bonchev–Trinajstić information content (AvgIpc) is 2.57. The van der Waals surface area contributed by atoms with Crippen molar-refractivity contribution in [3.05, 3.63) is 50.9 Å². The van der Waals surface area contributed by atoms with Gasteiger partial charge in [0, 0.05) is 6.54 Å². The minimum Gasteiger partial charge on any atom is -0.379 e. The van der Waals surface area contributed by atoms with Crippen molar-refractivity contribution in [2.24, 2.45) is 5.73 Å². The van der Waals surface area contributed by atoms with Gasteiger partial charge in [0.25, 0.3) is 11.4 Å². The van der Waals surface area contributed by atoms with E-state index in [4.69, 9.17) is 53.7 Å². The second-order valence-electron chi connectivity index (χ2n) is 3.83. The summed E-state index contributed by atoms with van der Waals surface area (Å²) in [7, 11) is 0. The number of aromatic nitrogens is 4. The fourth-order valence-electron chi connectivity index (χ4n) is 1.18. The number of anilines is 1. The average molecular weight is 402 g/mol. The van der Waals surface area contributed by atoms with Crippen LogP contribution in [0.5, 0.6) is 0 Å². The quantitative estimate of drug-likeness (QED) is 0.571. The summed E-state index contributed by atoms with van der Waals surface area (Å²) in [5, 5.41) is 3.29. The van der Waals surface area contributed by atoms with E-state index in [0.29, 0.717) is 12.4 Å². The molecule has 0 radical (unpaired) electrons. The highest BCUT2D eigenvalue weighted by atomic mass is 35.5. The van der Waals surface area contributed by atoms with Crippen molar-refractivity contribution in [3.63, 3.8) is 0 Å². The smallest absolute Gasteiger partial charge is 0.264 e. The molecule has 25 heavy (non-hydrogen) atoms. The lowest BCUT2D eigenvalue weighted by Gasteiger charge is -2.03. The molecular formula is C14H15Cl3N8. The molecule has 3 N–H and O–H groups in total. The molecule has 0 saturated heterocycles. The van der Waals surface area contributed by atoms with Crippen molar-refractivity contribution in [2.75, 3.05) is 18.4 Å². The molecule has 0 amide bonds. The van der Waals surface area contributed by atoms with E-state index in [1.807, 2.05) is 13.8 Å². The third-order valence-electron chi connectivity index (χ3n) is 2.08. The SMILES string of the molecule is CCN.[C-]#[N+]c1c(Cl)ncnc1Cl.[C-]#[N+]c1c(Cl)ncnc1NCC. The van der Waals surface area contributed by atoms with Crippen LogP contribution in [0.3, 0.4) is 0 Å². The van der Waals surface area contributed by atoms with E-state index in [0.717, 1.165) is 6.54 Å². The second kappa shape index (κ2) is 13.1. The largest absolute Gasteiger partial charge is 0.379 e. The van der Waals surface area contributed by atoms with E-state index in [1.54, 1.807) is 0 Å². The van der Waals surface area contributed by atoms with Crippen LogP contribution in [0.1, 0.15) is 13.8 Å². The van der Waals surface area contributed by atoms with Crippen molar-refractivity contribution in [2.45, 2.75) is 13.8 Å². The zero-order valence-electron chi connectivity index (χ0n) is 13.5. The minimum atomic E-state index is 0.0926. The normalized spacial score (nSPS) is 8.64. The Morgan fingerprint density at radius 2 is 1.32 bits per heavy atom. The topological polar surface area (TPSA) is 98.3 Å². The molecule has 0 aliphatic carbocycles. The van der Waals surface area contributed by atoms with Crippen molar-refractivity contribution < 1.29 is 0 Å². The summed E-state index contributed by atoms with van der Waals surface area (Å²) < 4.78 is 0. The highest BCUT2D eigenvalue weighted by Gasteiger charge is 2.07. The van der Waals surface area contributed by atoms with Gasteiger partial charge in [-0.3, -0.25) is 0 Å². The lowest BCUT2D eigenvalue weighted by Crippen LogP contribution is -1.99. The van der Waals surface area contributed by atoms with Crippen LogP contribution >= 0.6 is 34.8 Å². The Kier molecular flexibility index (Phi) is 11.9. The van der Waals surface area contributed by atoms with Crippen LogP contribution in [-0.2, 0) is 0 Å². The van der Waals surface area contributed by atoms with Gasteiger partial charge in [0.1, 0.15) is 33.9 Å². The van der Waals surface area contributed by atoms with E-state index in [9.17, 15) is 0 Å². The molecule has 2 aromatic rings. The van der Waals surface area contributed by atoms with Gasteiger partial charge in [-0.2, -0.15) is 0 Å². The van der Waals surface area contributed by atoms with E-state index in [-0.39, 0.29) is 26.8 Å². The Balaban J connectivity index is 0.000000403. The highest BCUT2D eigenvalue weighted by molar-refractivity contribution is 6.37. The molecule has 0 spiro atoms. The van der Waals surface area contributed by atoms with Gasteiger partial charge < -0.3 is 11.1 Å². The van der Waals surface area contributed by atoms with Gasteiger partial charge in [0.2, 0.25) is 0 Å². The van der Waals surface area contributed by atoms with Crippen LogP contribution in [0.4, 0.5) is 17.2 Å². The number of rotatable bonds is 2. The molecule has 0 bridgehead atoms. The van der Waals surface area contributed by atoms with Crippen molar-refractivity contribution in [1.82, 2.24) is 19.9 Å². The Labute approximate surface area is 161 Å². The predicted molar refractivity (Wildman–Crippen MR) is 101 cm³/mol. The lowest BCUT2D eigenvalue weighted by atomic mass is 10.5. The monoisotopic (exact) mass is 400 g/mol. The fourth-order valence-corrected chi connectivity index (χ4v) is 1.76. The molecule has 0 atom stereocenters. The molecule has 0 aliphatic rings. The zero-order valence-corrected chi connectivity index (χ0v) is 15.7. The maximum Gasteiger partial charge on any atom is 0.264 e. The van der Waals surface area contributed by atoms with Gasteiger partial charge in [-0.15, -0.1) is 0 Å². The highest BCUT2D eigenvalue weighted by Crippen LogP contribution is 2.29. The molecule has 2 aromatic heterocycles. The Hall–Kier alpha value is -2.23. The summed E-state index contributed by atoms with van der Waals surface area (Å²) in [5.41, 5.74) is 5.23. The van der Waals surface area contributed by atoms with Gasteiger partial charge in [-0.05, 0) is 13.5 Å². The Morgan fingerprint density at radius 1 is 0.920 bits per heavy atom. The summed E-state index contributed by atoms with van der Waals surface area (Å²) in [6, 6.07) is 0. The van der Waals surface area contributed by atoms with Gasteiger partial charge in [-0.25, -0.2) is 29.6 Å². The van der Waals surface area contributed by atoms with Gasteiger partial charge in [0.05, 0.1) is 13.1 Å². The van der Waals surface area contributed by atoms with Gasteiger partial charge >= 0.3 is 0 Å². The molecule has 8 nitrogen and oxygen atoms in total. The first-order valence-corrected chi connectivity index (χ1v) is 7.95. The number of hydrogen-bond donors (Lipinski definition) is 2. The second-order valence-corrected chi connectivity index (χ2v) is 4.90. The summed E-state index contributed by atoms with van der Waals surface area (Å²) in [6.07, 6.45) is 2.54. The van der Waals surface area contributed by atoms with E-state index >= 15 is 0 Å². The predicted octanol–water partition coefficient (Wildman–Crippen LogP) is 4.41. The molecule has 0 saturated carbocycles. The molecule has 11 heteroatoms. The molecule has 0 aliphatic heterocycles. The third kappa shape index (κ3) is 7.92. The van der Waals surface area contributed by atoms with Gasteiger partial charge in [0.15, 0.2) is 0 Å². The number of halogens is 3. The summed E-state index contributed by atoms with van der Waals surface area (Å²) >= 11 is 16.6. The maximum atomic E-state index is 6.82. The van der Waals surface area contributed by atoms with Crippen LogP contribution in [0, 0.1) is 13.1 Å². The van der Waals surface area contributed by atoms with Crippen LogP contribution < -0.4 is 11.1 Å². The van der Waals surface area contributed by atoms with Crippen molar-refractivity contribution >= 4 is 52.0 Å². The Morgan fingerprint density at radius 3 is 1.68 bits per heavy atom. The first kappa shape index (κ1) is 22.8. The lowest BCUT2D eigenvalue weighted by molar-refractivity contribution is 1.12. The fraction of sp³-hybridized carbons (Fsp3) is 0.286. The van der Waals surface area contributed by atoms with Crippen LogP contribution in [0.25, 0.3) is 9.69 Å². The summed E-state index contributed by atoms with van der Waals surface area (Å²) in [6.45, 7) is 18.7. The van der Waals surface area contributed by atoms with E-state index < -0.39 is 0 Å². The molecule has 0 unspecified atom stereocenters. The van der Waals surface area contributed by atoms with Crippen LogP contribution in [-0.4, -0.2) is 33.0 Å². The van der Waals surface area contributed by atoms with Gasteiger partial charge in [-0.1, -0.05) is 41.7 Å². The number of nitrogens with two attached hydrogens (primary N) is 1. The molecule has 0 aromatic carbocycles. The molecule has 132 valence electrons. The first-order valence-electron chi connectivity index (χ1n) is 6.81. The summed E-state index contributed by atoms with van der Waals surface area (Å²) in [4.78, 5) is 21.0. The standard InChI is InChI=1S/C7H7ClN4.C5HCl2N3.C2H7N/c1-3-10-7-5(9-2)6(8)11-4-12-7;1-8-3-4(6)9-2-10-5(3)7;1-2-3/h4H,3H2,1H3,(H,10,11,12);2H;2-3H2,1H3. The minimum absolute atomic E-state index is 0.0926. The van der Waals surface area contributed by atoms with E-state index in [2.05, 4.69) is 34.9 Å².